The van der Waals surface area contributed by atoms with E-state index in [1.165, 1.54) is 0 Å². The second-order valence-electron chi connectivity index (χ2n) is 2.66. The molecule has 0 fully saturated rings. The van der Waals surface area contributed by atoms with Crippen molar-refractivity contribution in [1.29, 1.82) is 0 Å². The highest BCUT2D eigenvalue weighted by Gasteiger charge is 2.48. The number of sulfone groups is 1. The minimum absolute atomic E-state index is 0.0178. The lowest BCUT2D eigenvalue weighted by Crippen LogP contribution is -2.24. The summed E-state index contributed by atoms with van der Waals surface area (Å²) in [6.45, 7) is 0. The minimum Gasteiger partial charge on any atom is -0.274 e. The van der Waals surface area contributed by atoms with Crippen molar-refractivity contribution >= 4 is 21.8 Å². The first-order valence-electron chi connectivity index (χ1n) is 3.68. The molecule has 0 unspecified atom stereocenters. The fourth-order valence-corrected chi connectivity index (χ4v) is 2.15. The molecule has 0 aromatic heterocycles. The molecule has 16 heavy (non-hydrogen) atoms. The van der Waals surface area contributed by atoms with Crippen LogP contribution in [0.15, 0.2) is 28.0 Å². The third kappa shape index (κ3) is 2.30. The maximum atomic E-state index is 13.0. The van der Waals surface area contributed by atoms with E-state index in [1.807, 2.05) is 0 Å². The zero-order valence-corrected chi connectivity index (χ0v) is 9.09. The lowest BCUT2D eigenvalue weighted by Gasteiger charge is -2.09. The maximum absolute atomic E-state index is 13.0. The van der Waals surface area contributed by atoms with Crippen molar-refractivity contribution in [3.8, 4) is 0 Å². The second-order valence-corrected chi connectivity index (χ2v) is 5.28. The molecule has 0 aliphatic carbocycles. The van der Waals surface area contributed by atoms with Crippen molar-refractivity contribution < 1.29 is 26.0 Å². The number of benzene rings is 1. The molecule has 0 saturated carbocycles. The summed E-state index contributed by atoms with van der Waals surface area (Å²) in [5, 5.41) is 5.04. The van der Waals surface area contributed by atoms with Gasteiger partial charge in [-0.05, 0) is 30.1 Å². The number of alkyl halides is 3. The fourth-order valence-electron chi connectivity index (χ4n) is 0.888. The number of nitrogens with two attached hydrogens (primary N) is 1. The van der Waals surface area contributed by atoms with Crippen LogP contribution in [-0.4, -0.2) is 13.9 Å². The van der Waals surface area contributed by atoms with E-state index in [-0.39, 0.29) is 4.90 Å². The number of rotatable bonds is 2. The van der Waals surface area contributed by atoms with E-state index in [4.69, 9.17) is 5.14 Å². The molecule has 0 aliphatic heterocycles. The first kappa shape index (κ1) is 13.3. The van der Waals surface area contributed by atoms with Crippen LogP contribution in [0.2, 0.25) is 0 Å². The van der Waals surface area contributed by atoms with Crippen LogP contribution in [0.1, 0.15) is 0 Å². The Morgan fingerprint density at radius 1 is 1.25 bits per heavy atom. The maximum Gasteiger partial charge on any atom is 0.502 e. The predicted molar refractivity (Wildman–Crippen MR) is 49.7 cm³/mol. The molecule has 9 heteroatoms. The Morgan fingerprint density at radius 3 is 2.25 bits per heavy atom. The number of halogens is 4. The van der Waals surface area contributed by atoms with Crippen molar-refractivity contribution in [3.05, 3.63) is 24.0 Å². The zero-order valence-electron chi connectivity index (χ0n) is 7.45. The Labute approximate surface area is 92.7 Å². The molecule has 1 aromatic carbocycles. The Morgan fingerprint density at radius 2 is 1.81 bits per heavy atom. The third-order valence-corrected chi connectivity index (χ3v) is 3.66. The molecule has 0 heterocycles. The summed E-state index contributed by atoms with van der Waals surface area (Å²) < 4.78 is 71.3. The first-order chi connectivity index (χ1) is 7.20. The molecule has 0 saturated heterocycles. The van der Waals surface area contributed by atoms with Gasteiger partial charge < -0.3 is 0 Å². The Hall–Kier alpha value is -0.800. The normalized spacial score (nSPS) is 12.8. The third-order valence-electron chi connectivity index (χ3n) is 1.63. The highest BCUT2D eigenvalue weighted by molar-refractivity contribution is 7.97. The summed E-state index contributed by atoms with van der Waals surface area (Å²) in [6.07, 6.45) is 0. The van der Waals surface area contributed by atoms with Gasteiger partial charge in [0.05, 0.1) is 0 Å². The van der Waals surface area contributed by atoms with Crippen LogP contribution in [0.5, 0.6) is 0 Å². The van der Waals surface area contributed by atoms with Crippen molar-refractivity contribution in [2.24, 2.45) is 5.14 Å². The van der Waals surface area contributed by atoms with Gasteiger partial charge in [-0.1, -0.05) is 0 Å². The summed E-state index contributed by atoms with van der Waals surface area (Å²) >= 11 is 0.520. The molecule has 0 radical (unpaired) electrons. The summed E-state index contributed by atoms with van der Waals surface area (Å²) in [4.78, 5) is -1.40. The van der Waals surface area contributed by atoms with Crippen LogP contribution in [0.25, 0.3) is 0 Å². The predicted octanol–water partition coefficient (Wildman–Crippen LogP) is 2.08. The smallest absolute Gasteiger partial charge is 0.274 e. The topological polar surface area (TPSA) is 60.2 Å². The highest BCUT2D eigenvalue weighted by Crippen LogP contribution is 2.33. The van der Waals surface area contributed by atoms with Gasteiger partial charge in [-0.15, -0.1) is 0 Å². The molecular formula is C7H5F4NO2S2. The molecule has 0 amide bonds. The summed E-state index contributed by atoms with van der Waals surface area (Å²) in [5.74, 6) is -1.46. The van der Waals surface area contributed by atoms with Crippen molar-refractivity contribution in [1.82, 2.24) is 0 Å². The number of hydrogen-bond donors (Lipinski definition) is 1. The quantitative estimate of drug-likeness (QED) is 0.663. The Bertz CT molecular complexity index is 498. The second kappa shape index (κ2) is 4.22. The van der Waals surface area contributed by atoms with E-state index >= 15 is 0 Å². The van der Waals surface area contributed by atoms with E-state index in [0.717, 1.165) is 6.07 Å². The lowest BCUT2D eigenvalue weighted by molar-refractivity contribution is -0.0437. The lowest BCUT2D eigenvalue weighted by atomic mass is 10.3. The van der Waals surface area contributed by atoms with E-state index in [2.05, 4.69) is 0 Å². The average Bonchev–Trinajstić information content (AvgIpc) is 2.16. The minimum atomic E-state index is -5.68. The fraction of sp³-hybridized carbons (Fsp3) is 0.143. The van der Waals surface area contributed by atoms with Crippen LogP contribution in [-0.2, 0) is 9.84 Å². The molecule has 90 valence electrons. The van der Waals surface area contributed by atoms with Gasteiger partial charge in [0.25, 0.3) is 9.84 Å². The molecule has 0 spiro atoms. The highest BCUT2D eigenvalue weighted by atomic mass is 32.2. The molecular weight excluding hydrogens is 270 g/mol. The van der Waals surface area contributed by atoms with E-state index in [0.29, 0.717) is 24.1 Å². The first-order valence-corrected chi connectivity index (χ1v) is 6.04. The van der Waals surface area contributed by atoms with Crippen molar-refractivity contribution in [2.75, 3.05) is 0 Å². The molecule has 1 aromatic rings. The molecule has 0 bridgehead atoms. The number of hydrogen-bond acceptors (Lipinski definition) is 4. The summed E-state index contributed by atoms with van der Waals surface area (Å²) in [6, 6.07) is 2.24. The average molecular weight is 275 g/mol. The Balaban J connectivity index is 3.44. The van der Waals surface area contributed by atoms with Crippen LogP contribution in [0, 0.1) is 5.82 Å². The summed E-state index contributed by atoms with van der Waals surface area (Å²) in [5.41, 5.74) is -5.54. The molecule has 3 nitrogen and oxygen atoms in total. The molecule has 0 aliphatic rings. The van der Waals surface area contributed by atoms with Gasteiger partial charge in [0.15, 0.2) is 0 Å². The van der Waals surface area contributed by atoms with Gasteiger partial charge in [-0.3, -0.25) is 5.14 Å². The van der Waals surface area contributed by atoms with E-state index in [9.17, 15) is 26.0 Å². The largest absolute Gasteiger partial charge is 0.502 e. The van der Waals surface area contributed by atoms with Crippen LogP contribution < -0.4 is 5.14 Å². The van der Waals surface area contributed by atoms with Crippen LogP contribution in [0.3, 0.4) is 0 Å². The van der Waals surface area contributed by atoms with Gasteiger partial charge in [0, 0.05) is 4.90 Å². The monoisotopic (exact) mass is 275 g/mol. The SMILES string of the molecule is NSc1ccc(F)c(S(=O)(=O)C(F)(F)F)c1. The van der Waals surface area contributed by atoms with Crippen molar-refractivity contribution in [3.63, 3.8) is 0 Å². The molecule has 1 rings (SSSR count). The molecule has 0 atom stereocenters. The van der Waals surface area contributed by atoms with Crippen LogP contribution >= 0.6 is 11.9 Å². The van der Waals surface area contributed by atoms with Gasteiger partial charge in [-0.25, -0.2) is 12.8 Å². The Kier molecular flexibility index (Phi) is 3.50. The van der Waals surface area contributed by atoms with Crippen LogP contribution in [0.4, 0.5) is 17.6 Å². The summed E-state index contributed by atoms with van der Waals surface area (Å²) in [7, 11) is -5.68. The standard InChI is InChI=1S/C7H5F4NO2S2/c8-5-2-1-4(15-12)3-6(5)16(13,14)7(9,10)11/h1-3H,12H2. The van der Waals surface area contributed by atoms with Crippen molar-refractivity contribution in [2.45, 2.75) is 15.3 Å². The molecule has 2 N–H and O–H groups in total. The van der Waals surface area contributed by atoms with Gasteiger partial charge >= 0.3 is 5.51 Å². The van der Waals surface area contributed by atoms with Gasteiger partial charge in [0.2, 0.25) is 0 Å². The van der Waals surface area contributed by atoms with Gasteiger partial charge in [-0.2, -0.15) is 13.2 Å². The zero-order chi connectivity index (χ0) is 12.6. The van der Waals surface area contributed by atoms with E-state index < -0.39 is 26.1 Å². The van der Waals surface area contributed by atoms with Gasteiger partial charge in [0.1, 0.15) is 10.7 Å². The van der Waals surface area contributed by atoms with E-state index in [1.54, 1.807) is 0 Å².